The molecule has 0 radical (unpaired) electrons. The maximum absolute atomic E-state index is 5.14. The third-order valence-electron chi connectivity index (χ3n) is 3.14. The van der Waals surface area contributed by atoms with Crippen LogP contribution in [0.15, 0.2) is 42.5 Å². The first-order valence-corrected chi connectivity index (χ1v) is 6.00. The second-order valence-electron chi connectivity index (χ2n) is 4.23. The lowest BCUT2D eigenvalue weighted by molar-refractivity contribution is 0.184. The molecule has 2 rings (SSSR count). The minimum atomic E-state index is 0.361. The number of methoxy groups -OCH3 is 1. The molecule has 0 aliphatic heterocycles. The number of ether oxygens (including phenoxy) is 1. The molecular formula is C15H19NO. The van der Waals surface area contributed by atoms with E-state index in [4.69, 9.17) is 4.74 Å². The van der Waals surface area contributed by atoms with Gasteiger partial charge in [0.15, 0.2) is 0 Å². The average Bonchev–Trinajstić information content (AvgIpc) is 2.39. The van der Waals surface area contributed by atoms with E-state index in [1.165, 1.54) is 16.3 Å². The van der Waals surface area contributed by atoms with Gasteiger partial charge in [0, 0.05) is 19.8 Å². The molecular weight excluding hydrogens is 210 g/mol. The molecule has 0 aromatic heterocycles. The van der Waals surface area contributed by atoms with Crippen molar-refractivity contribution in [1.29, 1.82) is 0 Å². The zero-order valence-corrected chi connectivity index (χ0v) is 10.4. The van der Waals surface area contributed by atoms with E-state index in [-0.39, 0.29) is 0 Å². The van der Waals surface area contributed by atoms with E-state index in [1.54, 1.807) is 7.11 Å². The molecule has 90 valence electrons. The molecule has 0 bridgehead atoms. The summed E-state index contributed by atoms with van der Waals surface area (Å²) >= 11 is 0. The SMILES string of the molecule is CNC(CCOC)c1ccc2ccccc2c1. The van der Waals surface area contributed by atoms with Crippen LogP contribution in [0.2, 0.25) is 0 Å². The van der Waals surface area contributed by atoms with Crippen LogP contribution in [0.5, 0.6) is 0 Å². The zero-order valence-electron chi connectivity index (χ0n) is 10.4. The molecule has 0 heterocycles. The highest BCUT2D eigenvalue weighted by molar-refractivity contribution is 5.83. The summed E-state index contributed by atoms with van der Waals surface area (Å²) in [5.41, 5.74) is 1.32. The normalized spacial score (nSPS) is 12.8. The van der Waals surface area contributed by atoms with Crippen LogP contribution in [-0.2, 0) is 4.74 Å². The molecule has 2 heteroatoms. The van der Waals surface area contributed by atoms with Crippen LogP contribution in [0.3, 0.4) is 0 Å². The first-order chi connectivity index (χ1) is 8.35. The van der Waals surface area contributed by atoms with Gasteiger partial charge in [0.25, 0.3) is 0 Å². The van der Waals surface area contributed by atoms with Crippen molar-refractivity contribution in [3.8, 4) is 0 Å². The molecule has 1 atom stereocenters. The lowest BCUT2D eigenvalue weighted by atomic mass is 10.00. The average molecular weight is 229 g/mol. The Labute approximate surface area is 103 Å². The van der Waals surface area contributed by atoms with E-state index in [0.717, 1.165) is 13.0 Å². The highest BCUT2D eigenvalue weighted by atomic mass is 16.5. The minimum Gasteiger partial charge on any atom is -0.385 e. The van der Waals surface area contributed by atoms with Crippen LogP contribution in [-0.4, -0.2) is 20.8 Å². The number of fused-ring (bicyclic) bond motifs is 1. The summed E-state index contributed by atoms with van der Waals surface area (Å²) in [7, 11) is 3.74. The molecule has 0 fully saturated rings. The molecule has 0 aliphatic rings. The maximum atomic E-state index is 5.14. The Morgan fingerprint density at radius 2 is 1.88 bits per heavy atom. The number of rotatable bonds is 5. The van der Waals surface area contributed by atoms with Crippen molar-refractivity contribution in [2.75, 3.05) is 20.8 Å². The monoisotopic (exact) mass is 229 g/mol. The molecule has 0 spiro atoms. The van der Waals surface area contributed by atoms with Crippen LogP contribution < -0.4 is 5.32 Å². The standard InChI is InChI=1S/C15H19NO/c1-16-15(9-10-17-2)14-8-7-12-5-3-4-6-13(12)11-14/h3-8,11,15-16H,9-10H2,1-2H3. The van der Waals surface area contributed by atoms with E-state index < -0.39 is 0 Å². The summed E-state index contributed by atoms with van der Waals surface area (Å²) in [6, 6.07) is 15.4. The van der Waals surface area contributed by atoms with Crippen molar-refractivity contribution in [3.05, 3.63) is 48.0 Å². The highest BCUT2D eigenvalue weighted by Crippen LogP contribution is 2.22. The maximum Gasteiger partial charge on any atom is 0.0480 e. The summed E-state index contributed by atoms with van der Waals surface area (Å²) in [4.78, 5) is 0. The van der Waals surface area contributed by atoms with Gasteiger partial charge in [0.2, 0.25) is 0 Å². The lowest BCUT2D eigenvalue weighted by Crippen LogP contribution is -2.17. The second-order valence-corrected chi connectivity index (χ2v) is 4.23. The summed E-state index contributed by atoms with van der Waals surface area (Å²) in [6.07, 6.45) is 0.991. The number of hydrogen-bond donors (Lipinski definition) is 1. The first kappa shape index (κ1) is 12.1. The van der Waals surface area contributed by atoms with Gasteiger partial charge in [-0.1, -0.05) is 36.4 Å². The lowest BCUT2D eigenvalue weighted by Gasteiger charge is -2.16. The Bertz CT molecular complexity index is 481. The fraction of sp³-hybridized carbons (Fsp3) is 0.333. The van der Waals surface area contributed by atoms with Gasteiger partial charge in [0.05, 0.1) is 0 Å². The molecule has 0 saturated carbocycles. The van der Waals surface area contributed by atoms with Crippen molar-refractivity contribution in [3.63, 3.8) is 0 Å². The van der Waals surface area contributed by atoms with Crippen molar-refractivity contribution < 1.29 is 4.74 Å². The van der Waals surface area contributed by atoms with Crippen LogP contribution in [0.1, 0.15) is 18.0 Å². The van der Waals surface area contributed by atoms with Gasteiger partial charge in [0.1, 0.15) is 0 Å². The van der Waals surface area contributed by atoms with Crippen molar-refractivity contribution in [2.45, 2.75) is 12.5 Å². The second kappa shape index (κ2) is 5.80. The molecule has 2 nitrogen and oxygen atoms in total. The number of benzene rings is 2. The van der Waals surface area contributed by atoms with Gasteiger partial charge in [-0.05, 0) is 35.9 Å². The summed E-state index contributed by atoms with van der Waals surface area (Å²) in [5.74, 6) is 0. The fourth-order valence-electron chi connectivity index (χ4n) is 2.14. The Kier molecular flexibility index (Phi) is 4.13. The molecule has 2 aromatic carbocycles. The Morgan fingerprint density at radius 3 is 2.59 bits per heavy atom. The minimum absolute atomic E-state index is 0.361. The first-order valence-electron chi connectivity index (χ1n) is 6.00. The summed E-state index contributed by atoms with van der Waals surface area (Å²) in [5, 5.41) is 5.92. The van der Waals surface area contributed by atoms with E-state index in [2.05, 4.69) is 47.8 Å². The third-order valence-corrected chi connectivity index (χ3v) is 3.14. The smallest absolute Gasteiger partial charge is 0.0480 e. The Morgan fingerprint density at radius 1 is 1.12 bits per heavy atom. The van der Waals surface area contributed by atoms with Gasteiger partial charge >= 0.3 is 0 Å². The molecule has 0 amide bonds. The Hall–Kier alpha value is -1.38. The molecule has 0 aliphatic carbocycles. The van der Waals surface area contributed by atoms with Gasteiger partial charge in [-0.3, -0.25) is 0 Å². The zero-order chi connectivity index (χ0) is 12.1. The van der Waals surface area contributed by atoms with Gasteiger partial charge in [-0.15, -0.1) is 0 Å². The summed E-state index contributed by atoms with van der Waals surface area (Å²) < 4.78 is 5.14. The quantitative estimate of drug-likeness (QED) is 0.850. The van der Waals surface area contributed by atoms with Crippen LogP contribution >= 0.6 is 0 Å². The molecule has 2 aromatic rings. The summed E-state index contributed by atoms with van der Waals surface area (Å²) in [6.45, 7) is 0.776. The Balaban J connectivity index is 2.27. The van der Waals surface area contributed by atoms with Gasteiger partial charge < -0.3 is 10.1 Å². The van der Waals surface area contributed by atoms with E-state index in [9.17, 15) is 0 Å². The van der Waals surface area contributed by atoms with E-state index in [0.29, 0.717) is 6.04 Å². The predicted molar refractivity (Wildman–Crippen MR) is 72.2 cm³/mol. The number of nitrogens with one attached hydrogen (secondary N) is 1. The fourth-order valence-corrected chi connectivity index (χ4v) is 2.14. The third kappa shape index (κ3) is 2.84. The van der Waals surface area contributed by atoms with Crippen molar-refractivity contribution in [1.82, 2.24) is 5.32 Å². The van der Waals surface area contributed by atoms with Crippen molar-refractivity contribution >= 4 is 10.8 Å². The predicted octanol–water partition coefficient (Wildman–Crippen LogP) is 3.14. The number of hydrogen-bond acceptors (Lipinski definition) is 2. The van der Waals surface area contributed by atoms with Crippen LogP contribution in [0.25, 0.3) is 10.8 Å². The topological polar surface area (TPSA) is 21.3 Å². The molecule has 0 saturated heterocycles. The highest BCUT2D eigenvalue weighted by Gasteiger charge is 2.08. The van der Waals surface area contributed by atoms with Gasteiger partial charge in [-0.2, -0.15) is 0 Å². The molecule has 17 heavy (non-hydrogen) atoms. The van der Waals surface area contributed by atoms with Gasteiger partial charge in [-0.25, -0.2) is 0 Å². The van der Waals surface area contributed by atoms with Crippen LogP contribution in [0.4, 0.5) is 0 Å². The largest absolute Gasteiger partial charge is 0.385 e. The van der Waals surface area contributed by atoms with E-state index in [1.807, 2.05) is 7.05 Å². The van der Waals surface area contributed by atoms with Crippen molar-refractivity contribution in [2.24, 2.45) is 0 Å². The molecule has 1 N–H and O–H groups in total. The molecule has 1 unspecified atom stereocenters. The van der Waals surface area contributed by atoms with E-state index >= 15 is 0 Å². The van der Waals surface area contributed by atoms with Crippen LogP contribution in [0, 0.1) is 0 Å².